The maximum atomic E-state index is 13.0. The number of nitrogens with one attached hydrogen (secondary N) is 1. The molecular weight excluding hydrogens is 448 g/mol. The minimum atomic E-state index is -1.56. The van der Waals surface area contributed by atoms with Crippen LogP contribution in [0.2, 0.25) is 0 Å². The van der Waals surface area contributed by atoms with E-state index in [9.17, 15) is 14.1 Å². The summed E-state index contributed by atoms with van der Waals surface area (Å²) in [5, 5.41) is 10.2. The number of carboxylic acids is 1. The number of anilines is 1. The van der Waals surface area contributed by atoms with Gasteiger partial charge < -0.3 is 9.84 Å². The molecule has 0 saturated carbocycles. The second-order valence-electron chi connectivity index (χ2n) is 9.39. The van der Waals surface area contributed by atoms with E-state index in [1.54, 1.807) is 19.1 Å². The van der Waals surface area contributed by atoms with Crippen molar-refractivity contribution in [2.24, 2.45) is 0 Å². The van der Waals surface area contributed by atoms with E-state index in [2.05, 4.69) is 4.72 Å². The standard InChI is InChI=1S/C27H32N2O4S/c1-16-13-14-20(15-17(16)2)23-19(4)28-25(29-34(32)21-11-9-8-10-12-21)18(3)22(23)24(26(30)31)33-27(5,6)7/h8-15,24H,1-7H3,(H,28,29)(H,30,31). The topological polar surface area (TPSA) is 88.5 Å². The Bertz CT molecular complexity index is 1230. The van der Waals surface area contributed by atoms with E-state index < -0.39 is 28.7 Å². The molecule has 0 aliphatic carbocycles. The van der Waals surface area contributed by atoms with Gasteiger partial charge in [-0.05, 0) is 82.9 Å². The molecule has 0 aliphatic rings. The second kappa shape index (κ2) is 10.1. The highest BCUT2D eigenvalue weighted by Crippen LogP contribution is 2.40. The molecule has 2 aromatic carbocycles. The molecule has 0 fully saturated rings. The van der Waals surface area contributed by atoms with Gasteiger partial charge in [0.1, 0.15) is 5.82 Å². The Morgan fingerprint density at radius 3 is 2.24 bits per heavy atom. The highest BCUT2D eigenvalue weighted by Gasteiger charge is 2.33. The Balaban J connectivity index is 2.25. The van der Waals surface area contributed by atoms with E-state index in [1.807, 2.05) is 77.9 Å². The fourth-order valence-corrected chi connectivity index (χ4v) is 4.68. The highest BCUT2D eigenvalue weighted by atomic mass is 32.2. The van der Waals surface area contributed by atoms with Crippen LogP contribution in [0.5, 0.6) is 0 Å². The molecule has 2 unspecified atom stereocenters. The minimum absolute atomic E-state index is 0.367. The first-order chi connectivity index (χ1) is 15.9. The number of carboxylic acid groups (broad SMARTS) is 1. The number of aliphatic carboxylic acids is 1. The molecule has 34 heavy (non-hydrogen) atoms. The first-order valence-electron chi connectivity index (χ1n) is 11.1. The number of ether oxygens (including phenoxy) is 1. The molecule has 2 N–H and O–H groups in total. The van der Waals surface area contributed by atoms with E-state index in [0.717, 1.165) is 16.7 Å². The van der Waals surface area contributed by atoms with Gasteiger partial charge in [-0.25, -0.2) is 14.0 Å². The number of benzene rings is 2. The number of hydrogen-bond acceptors (Lipinski definition) is 4. The smallest absolute Gasteiger partial charge is 0.337 e. The Morgan fingerprint density at radius 1 is 1.03 bits per heavy atom. The summed E-state index contributed by atoms with van der Waals surface area (Å²) in [5.41, 5.74) is 4.83. The zero-order valence-corrected chi connectivity index (χ0v) is 21.5. The summed E-state index contributed by atoms with van der Waals surface area (Å²) in [6, 6.07) is 15.0. The molecule has 180 valence electrons. The Morgan fingerprint density at radius 2 is 1.68 bits per heavy atom. The van der Waals surface area contributed by atoms with Gasteiger partial charge in [0.25, 0.3) is 0 Å². The summed E-state index contributed by atoms with van der Waals surface area (Å²) in [5.74, 6) is -0.727. The van der Waals surface area contributed by atoms with Crippen LogP contribution >= 0.6 is 0 Å². The first kappa shape index (κ1) is 25.6. The van der Waals surface area contributed by atoms with Crippen molar-refractivity contribution in [3.63, 3.8) is 0 Å². The van der Waals surface area contributed by atoms with Gasteiger partial charge in [-0.15, -0.1) is 0 Å². The second-order valence-corrected chi connectivity index (χ2v) is 10.6. The van der Waals surface area contributed by atoms with Gasteiger partial charge in [0.15, 0.2) is 17.1 Å². The van der Waals surface area contributed by atoms with Crippen molar-refractivity contribution in [1.82, 2.24) is 4.98 Å². The lowest BCUT2D eigenvalue weighted by molar-refractivity contribution is -0.160. The van der Waals surface area contributed by atoms with Crippen LogP contribution in [0.1, 0.15) is 54.8 Å². The van der Waals surface area contributed by atoms with E-state index in [-0.39, 0.29) is 0 Å². The fraction of sp³-hybridized carbons (Fsp3) is 0.333. The number of aryl methyl sites for hydroxylation is 3. The number of pyridine rings is 1. The molecule has 0 saturated heterocycles. The number of carbonyl (C=O) groups is 1. The molecule has 3 rings (SSSR count). The van der Waals surface area contributed by atoms with Crippen molar-refractivity contribution in [2.75, 3.05) is 4.72 Å². The third kappa shape index (κ3) is 5.72. The number of rotatable bonds is 7. The lowest BCUT2D eigenvalue weighted by atomic mass is 9.90. The molecule has 0 radical (unpaired) electrons. The van der Waals surface area contributed by atoms with Crippen LogP contribution in [0.4, 0.5) is 5.82 Å². The number of aromatic nitrogens is 1. The van der Waals surface area contributed by atoms with Gasteiger partial charge in [0.05, 0.1) is 10.5 Å². The van der Waals surface area contributed by atoms with Crippen molar-refractivity contribution >= 4 is 22.8 Å². The summed E-state index contributed by atoms with van der Waals surface area (Å²) in [7, 11) is -1.56. The molecule has 0 aliphatic heterocycles. The molecule has 0 spiro atoms. The predicted octanol–water partition coefficient (Wildman–Crippen LogP) is 6.06. The quantitative estimate of drug-likeness (QED) is 0.429. The van der Waals surface area contributed by atoms with E-state index in [1.165, 1.54) is 0 Å². The van der Waals surface area contributed by atoms with Gasteiger partial charge in [-0.2, -0.15) is 0 Å². The van der Waals surface area contributed by atoms with Gasteiger partial charge in [0.2, 0.25) is 0 Å². The molecule has 6 nitrogen and oxygen atoms in total. The average Bonchev–Trinajstić information content (AvgIpc) is 2.76. The van der Waals surface area contributed by atoms with Crippen molar-refractivity contribution < 1.29 is 18.8 Å². The summed E-state index contributed by atoms with van der Waals surface area (Å²) in [6.45, 7) is 13.2. The lowest BCUT2D eigenvalue weighted by Crippen LogP contribution is -2.29. The average molecular weight is 481 g/mol. The Labute approximate surface area is 204 Å². The first-order valence-corrected chi connectivity index (χ1v) is 12.3. The number of nitrogens with zero attached hydrogens (tertiary/aromatic N) is 1. The molecule has 7 heteroatoms. The van der Waals surface area contributed by atoms with Crippen molar-refractivity contribution in [3.8, 4) is 11.1 Å². The molecule has 1 heterocycles. The summed E-state index contributed by atoms with van der Waals surface area (Å²) in [6.07, 6.45) is -1.23. The largest absolute Gasteiger partial charge is 0.479 e. The maximum Gasteiger partial charge on any atom is 0.337 e. The maximum absolute atomic E-state index is 13.0. The third-order valence-corrected chi connectivity index (χ3v) is 6.65. The Hall–Kier alpha value is -3.03. The fourth-order valence-electron chi connectivity index (χ4n) is 3.78. The molecule has 0 bridgehead atoms. The van der Waals surface area contributed by atoms with Crippen LogP contribution in [-0.2, 0) is 20.5 Å². The monoisotopic (exact) mass is 480 g/mol. The van der Waals surface area contributed by atoms with Crippen LogP contribution in [0.3, 0.4) is 0 Å². The van der Waals surface area contributed by atoms with E-state index in [4.69, 9.17) is 9.72 Å². The normalized spacial score (nSPS) is 13.4. The summed E-state index contributed by atoms with van der Waals surface area (Å²) in [4.78, 5) is 17.8. The zero-order chi connectivity index (χ0) is 25.2. The van der Waals surface area contributed by atoms with Crippen molar-refractivity contribution in [3.05, 3.63) is 76.5 Å². The van der Waals surface area contributed by atoms with Crippen LogP contribution < -0.4 is 4.72 Å². The van der Waals surface area contributed by atoms with Gasteiger partial charge >= 0.3 is 5.97 Å². The van der Waals surface area contributed by atoms with E-state index >= 15 is 0 Å². The molecule has 1 aromatic heterocycles. The molecule has 0 amide bonds. The van der Waals surface area contributed by atoms with Crippen LogP contribution in [0.15, 0.2) is 53.4 Å². The SMILES string of the molecule is Cc1ccc(-c2c(C)nc(NS(=O)c3ccccc3)c(C)c2C(OC(C)(C)C)C(=O)O)cc1C. The summed E-state index contributed by atoms with van der Waals surface area (Å²) < 4.78 is 22.0. The van der Waals surface area contributed by atoms with Gasteiger partial charge in [0, 0.05) is 16.8 Å². The summed E-state index contributed by atoms with van der Waals surface area (Å²) >= 11 is 0. The third-order valence-electron chi connectivity index (χ3n) is 5.57. The van der Waals surface area contributed by atoms with Crippen molar-refractivity contribution in [1.29, 1.82) is 0 Å². The Kier molecular flexibility index (Phi) is 7.58. The number of hydrogen-bond donors (Lipinski definition) is 2. The lowest BCUT2D eigenvalue weighted by Gasteiger charge is -2.29. The van der Waals surface area contributed by atoms with Crippen LogP contribution in [-0.4, -0.2) is 25.9 Å². The van der Waals surface area contributed by atoms with E-state index in [0.29, 0.717) is 33.1 Å². The predicted molar refractivity (Wildman–Crippen MR) is 136 cm³/mol. The molecule has 2 atom stereocenters. The molecular formula is C27H32N2O4S. The van der Waals surface area contributed by atoms with Crippen LogP contribution in [0.25, 0.3) is 11.1 Å². The minimum Gasteiger partial charge on any atom is -0.479 e. The van der Waals surface area contributed by atoms with Crippen LogP contribution in [0, 0.1) is 27.7 Å². The van der Waals surface area contributed by atoms with Gasteiger partial charge in [-0.3, -0.25) is 4.72 Å². The highest BCUT2D eigenvalue weighted by molar-refractivity contribution is 7.86. The molecule has 3 aromatic rings. The van der Waals surface area contributed by atoms with Crippen molar-refractivity contribution in [2.45, 2.75) is 65.1 Å². The van der Waals surface area contributed by atoms with Gasteiger partial charge in [-0.1, -0.05) is 36.4 Å². The zero-order valence-electron chi connectivity index (χ0n) is 20.7.